The number of methoxy groups -OCH3 is 1. The first-order chi connectivity index (χ1) is 16.6. The van der Waals surface area contributed by atoms with Crippen LogP contribution in [-0.2, 0) is 27.2 Å². The summed E-state index contributed by atoms with van der Waals surface area (Å²) in [5.74, 6) is -0.892. The van der Waals surface area contributed by atoms with Crippen molar-refractivity contribution in [3.8, 4) is 0 Å². The molecule has 8 nitrogen and oxygen atoms in total. The zero-order chi connectivity index (χ0) is 23.5. The number of carbonyl (C=O) groups excluding carboxylic acids is 2. The second kappa shape index (κ2) is 9.85. The number of carbonyl (C=O) groups is 2. The number of nitrogens with one attached hydrogen (secondary N) is 2. The summed E-state index contributed by atoms with van der Waals surface area (Å²) < 4.78 is 12.4. The van der Waals surface area contributed by atoms with E-state index in [1.54, 1.807) is 6.20 Å². The van der Waals surface area contributed by atoms with E-state index in [1.165, 1.54) is 13.5 Å². The molecule has 1 saturated carbocycles. The lowest BCUT2D eigenvalue weighted by Gasteiger charge is -2.27. The highest BCUT2D eigenvalue weighted by Gasteiger charge is 2.30. The van der Waals surface area contributed by atoms with Crippen molar-refractivity contribution >= 4 is 34.3 Å². The fourth-order valence-corrected chi connectivity index (χ4v) is 4.60. The van der Waals surface area contributed by atoms with Crippen LogP contribution in [0, 0.1) is 5.92 Å². The molecule has 1 amide bonds. The molecule has 0 spiro atoms. The Morgan fingerprint density at radius 1 is 1.21 bits per heavy atom. The minimum Gasteiger partial charge on any atom is -0.464 e. The van der Waals surface area contributed by atoms with Crippen LogP contribution < -0.4 is 10.6 Å². The molecule has 0 radical (unpaired) electrons. The number of benzene rings is 1. The van der Waals surface area contributed by atoms with Gasteiger partial charge in [-0.2, -0.15) is 0 Å². The van der Waals surface area contributed by atoms with Gasteiger partial charge in [-0.25, -0.2) is 9.78 Å². The molecule has 2 fully saturated rings. The van der Waals surface area contributed by atoms with Crippen molar-refractivity contribution in [2.45, 2.75) is 44.7 Å². The van der Waals surface area contributed by atoms with Crippen LogP contribution in [0.2, 0.25) is 0 Å². The SMILES string of the molecule is COC(=O)c1c(NC(=O)C2CCOC2)c2cc(NC3CCC3)cnc2n1CCc1ccccc1. The lowest BCUT2D eigenvalue weighted by Crippen LogP contribution is -2.27. The van der Waals surface area contributed by atoms with Crippen LogP contribution >= 0.6 is 0 Å². The van der Waals surface area contributed by atoms with Crippen LogP contribution in [0.15, 0.2) is 42.6 Å². The molecule has 1 aromatic carbocycles. The molecule has 2 N–H and O–H groups in total. The summed E-state index contributed by atoms with van der Waals surface area (Å²) >= 11 is 0. The summed E-state index contributed by atoms with van der Waals surface area (Å²) in [6.45, 7) is 1.48. The van der Waals surface area contributed by atoms with Gasteiger partial charge in [0, 0.05) is 24.6 Å². The number of ether oxygens (including phenoxy) is 2. The Labute approximate surface area is 198 Å². The van der Waals surface area contributed by atoms with Gasteiger partial charge in [0.1, 0.15) is 5.65 Å². The summed E-state index contributed by atoms with van der Waals surface area (Å²) in [6.07, 6.45) is 6.67. The number of pyridine rings is 1. The second-order valence-corrected chi connectivity index (χ2v) is 9.02. The first-order valence-corrected chi connectivity index (χ1v) is 11.9. The molecule has 1 unspecified atom stereocenters. The molecule has 2 aliphatic rings. The second-order valence-electron chi connectivity index (χ2n) is 9.02. The van der Waals surface area contributed by atoms with E-state index in [1.807, 2.05) is 28.8 Å². The lowest BCUT2D eigenvalue weighted by molar-refractivity contribution is -0.119. The molecule has 34 heavy (non-hydrogen) atoms. The lowest BCUT2D eigenvalue weighted by atomic mass is 9.93. The molecule has 2 aromatic heterocycles. The highest BCUT2D eigenvalue weighted by Crippen LogP contribution is 2.34. The molecule has 3 heterocycles. The molecule has 3 aromatic rings. The van der Waals surface area contributed by atoms with Crippen molar-refractivity contribution in [3.63, 3.8) is 0 Å². The van der Waals surface area contributed by atoms with E-state index < -0.39 is 5.97 Å². The normalized spacial score (nSPS) is 18.0. The van der Waals surface area contributed by atoms with Crippen molar-refractivity contribution in [2.75, 3.05) is 31.0 Å². The first-order valence-electron chi connectivity index (χ1n) is 11.9. The van der Waals surface area contributed by atoms with Gasteiger partial charge < -0.3 is 24.7 Å². The number of rotatable bonds is 8. The van der Waals surface area contributed by atoms with Crippen LogP contribution in [0.5, 0.6) is 0 Å². The highest BCUT2D eigenvalue weighted by atomic mass is 16.5. The van der Waals surface area contributed by atoms with Crippen LogP contribution in [0.25, 0.3) is 11.0 Å². The molecule has 8 heteroatoms. The molecule has 5 rings (SSSR count). The number of aromatic nitrogens is 2. The zero-order valence-electron chi connectivity index (χ0n) is 19.4. The standard InChI is InChI=1S/C26H30N4O4/c1-33-26(32)23-22(29-25(31)18-11-13-34-16-18)21-14-20(28-19-8-5-9-19)15-27-24(21)30(23)12-10-17-6-3-2-4-7-17/h2-4,6-7,14-15,18-19,28H,5,8-13,16H2,1H3,(H,29,31). The highest BCUT2D eigenvalue weighted by molar-refractivity contribution is 6.11. The van der Waals surface area contributed by atoms with Crippen molar-refractivity contribution in [3.05, 3.63) is 53.9 Å². The number of esters is 1. The van der Waals surface area contributed by atoms with E-state index in [2.05, 4.69) is 22.8 Å². The molecule has 1 saturated heterocycles. The minimum absolute atomic E-state index is 0.151. The largest absolute Gasteiger partial charge is 0.464 e. The van der Waals surface area contributed by atoms with Gasteiger partial charge in [0.25, 0.3) is 0 Å². The van der Waals surface area contributed by atoms with E-state index >= 15 is 0 Å². The van der Waals surface area contributed by atoms with E-state index in [-0.39, 0.29) is 11.8 Å². The average Bonchev–Trinajstić information content (AvgIpc) is 3.47. The predicted molar refractivity (Wildman–Crippen MR) is 130 cm³/mol. The summed E-state index contributed by atoms with van der Waals surface area (Å²) in [4.78, 5) is 30.8. The molecular weight excluding hydrogens is 432 g/mol. The van der Waals surface area contributed by atoms with E-state index in [4.69, 9.17) is 14.5 Å². The van der Waals surface area contributed by atoms with Crippen LogP contribution in [0.4, 0.5) is 11.4 Å². The topological polar surface area (TPSA) is 94.5 Å². The van der Waals surface area contributed by atoms with E-state index in [0.717, 1.165) is 29.5 Å². The maximum Gasteiger partial charge on any atom is 0.356 e. The Morgan fingerprint density at radius 2 is 2.03 bits per heavy atom. The fraction of sp³-hybridized carbons (Fsp3) is 0.423. The van der Waals surface area contributed by atoms with Gasteiger partial charge in [0.05, 0.1) is 37.2 Å². The van der Waals surface area contributed by atoms with Crippen molar-refractivity contribution < 1.29 is 19.1 Å². The minimum atomic E-state index is -0.502. The Hall–Kier alpha value is -3.39. The molecule has 1 aliphatic carbocycles. The summed E-state index contributed by atoms with van der Waals surface area (Å²) in [5.41, 5.74) is 3.45. The van der Waals surface area contributed by atoms with Gasteiger partial charge >= 0.3 is 5.97 Å². The number of hydrogen-bond donors (Lipinski definition) is 2. The maximum absolute atomic E-state index is 13.0. The van der Waals surface area contributed by atoms with Gasteiger partial charge in [-0.15, -0.1) is 0 Å². The Morgan fingerprint density at radius 3 is 2.71 bits per heavy atom. The van der Waals surface area contributed by atoms with Gasteiger partial charge in [0.15, 0.2) is 5.69 Å². The third-order valence-corrected chi connectivity index (χ3v) is 6.77. The number of amides is 1. The number of hydrogen-bond acceptors (Lipinski definition) is 6. The smallest absolute Gasteiger partial charge is 0.356 e. The van der Waals surface area contributed by atoms with E-state index in [0.29, 0.717) is 55.7 Å². The molecule has 1 atom stereocenters. The van der Waals surface area contributed by atoms with Crippen LogP contribution in [0.3, 0.4) is 0 Å². The molecular formula is C26H30N4O4. The zero-order valence-corrected chi connectivity index (χ0v) is 19.4. The van der Waals surface area contributed by atoms with Crippen molar-refractivity contribution in [1.82, 2.24) is 9.55 Å². The van der Waals surface area contributed by atoms with Crippen molar-refractivity contribution in [2.24, 2.45) is 5.92 Å². The molecule has 1 aliphatic heterocycles. The maximum atomic E-state index is 13.0. The fourth-order valence-electron chi connectivity index (χ4n) is 4.60. The molecule has 178 valence electrons. The predicted octanol–water partition coefficient (Wildman–Crippen LogP) is 4.01. The first kappa shape index (κ1) is 22.4. The van der Waals surface area contributed by atoms with Gasteiger partial charge in [-0.3, -0.25) is 4.79 Å². The van der Waals surface area contributed by atoms with Gasteiger partial charge in [-0.1, -0.05) is 30.3 Å². The Kier molecular flexibility index (Phi) is 6.49. The number of anilines is 2. The third-order valence-electron chi connectivity index (χ3n) is 6.77. The number of fused-ring (bicyclic) bond motifs is 1. The number of aryl methyl sites for hydroxylation is 2. The number of nitrogens with zero attached hydrogens (tertiary/aromatic N) is 2. The summed E-state index contributed by atoms with van der Waals surface area (Å²) in [6, 6.07) is 12.5. The summed E-state index contributed by atoms with van der Waals surface area (Å²) in [5, 5.41) is 7.27. The summed E-state index contributed by atoms with van der Waals surface area (Å²) in [7, 11) is 1.36. The Balaban J connectivity index is 1.57. The van der Waals surface area contributed by atoms with Gasteiger partial charge in [-0.05, 0) is 43.7 Å². The Bertz CT molecular complexity index is 1180. The van der Waals surface area contributed by atoms with Gasteiger partial charge in [0.2, 0.25) is 5.91 Å². The molecule has 0 bridgehead atoms. The average molecular weight is 463 g/mol. The van der Waals surface area contributed by atoms with Crippen LogP contribution in [0.1, 0.15) is 41.7 Å². The quantitative estimate of drug-likeness (QED) is 0.492. The third kappa shape index (κ3) is 4.50. The van der Waals surface area contributed by atoms with E-state index in [9.17, 15) is 9.59 Å². The van der Waals surface area contributed by atoms with Crippen LogP contribution in [-0.4, -0.2) is 47.8 Å². The van der Waals surface area contributed by atoms with Crippen molar-refractivity contribution in [1.29, 1.82) is 0 Å². The monoisotopic (exact) mass is 462 g/mol.